The molecule has 50 heavy (non-hydrogen) atoms. The van der Waals surface area contributed by atoms with Crippen molar-refractivity contribution < 1.29 is 0 Å². The fourth-order valence-corrected chi connectivity index (χ4v) is 7.04. The highest BCUT2D eigenvalue weighted by Crippen LogP contribution is 2.48. The second-order valence-electron chi connectivity index (χ2n) is 19.7. The van der Waals surface area contributed by atoms with Crippen molar-refractivity contribution in [2.75, 3.05) is 0 Å². The molecule has 0 amide bonds. The minimum Gasteiger partial charge on any atom is -0.0619 e. The van der Waals surface area contributed by atoms with E-state index >= 15 is 0 Å². The van der Waals surface area contributed by atoms with Crippen molar-refractivity contribution in [3.63, 3.8) is 0 Å². The number of hydrogen-bond donors (Lipinski definition) is 0. The summed E-state index contributed by atoms with van der Waals surface area (Å²) in [4.78, 5) is 0. The van der Waals surface area contributed by atoms with Crippen LogP contribution >= 0.6 is 0 Å². The van der Waals surface area contributed by atoms with Crippen LogP contribution in [0.4, 0.5) is 0 Å². The van der Waals surface area contributed by atoms with Gasteiger partial charge in [0.15, 0.2) is 0 Å². The fourth-order valence-electron chi connectivity index (χ4n) is 7.04. The summed E-state index contributed by atoms with van der Waals surface area (Å²) >= 11 is 0. The molecule has 0 N–H and O–H groups in total. The molecule has 262 valence electrons. The molecule has 0 radical (unpaired) electrons. The van der Waals surface area contributed by atoms with E-state index < -0.39 is 0 Å². The highest BCUT2D eigenvalue weighted by molar-refractivity contribution is 5.97. The summed E-state index contributed by atoms with van der Waals surface area (Å²) in [5.41, 5.74) is 17.2. The summed E-state index contributed by atoms with van der Waals surface area (Å²) < 4.78 is 0. The molecule has 0 aliphatic carbocycles. The molecule has 0 nitrogen and oxygen atoms in total. The molecule has 0 aliphatic heterocycles. The third kappa shape index (κ3) is 7.86. The largest absolute Gasteiger partial charge is 0.0619 e. The van der Waals surface area contributed by atoms with Crippen molar-refractivity contribution in [1.82, 2.24) is 0 Å². The van der Waals surface area contributed by atoms with Crippen LogP contribution in [0.5, 0.6) is 0 Å². The quantitative estimate of drug-likeness (QED) is 0.180. The van der Waals surface area contributed by atoms with Crippen LogP contribution in [0, 0.1) is 0 Å². The average molecular weight is 663 g/mol. The van der Waals surface area contributed by atoms with E-state index in [0.717, 1.165) is 0 Å². The van der Waals surface area contributed by atoms with Gasteiger partial charge in [-0.2, -0.15) is 0 Å². The van der Waals surface area contributed by atoms with E-state index in [9.17, 15) is 0 Å². The lowest BCUT2D eigenvalue weighted by atomic mass is 9.74. The van der Waals surface area contributed by atoms with Crippen LogP contribution in [0.2, 0.25) is 0 Å². The van der Waals surface area contributed by atoms with Crippen molar-refractivity contribution in [2.24, 2.45) is 0 Å². The van der Waals surface area contributed by atoms with Crippen molar-refractivity contribution >= 4 is 0 Å². The Morgan fingerprint density at radius 3 is 0.980 bits per heavy atom. The maximum absolute atomic E-state index is 2.49. The van der Waals surface area contributed by atoms with E-state index in [-0.39, 0.29) is 27.1 Å². The topological polar surface area (TPSA) is 0 Å². The summed E-state index contributed by atoms with van der Waals surface area (Å²) in [6.07, 6.45) is 0. The van der Waals surface area contributed by atoms with Gasteiger partial charge in [-0.25, -0.2) is 0 Å². The van der Waals surface area contributed by atoms with E-state index in [4.69, 9.17) is 0 Å². The Labute approximate surface area is 305 Å². The van der Waals surface area contributed by atoms with Crippen molar-refractivity contribution in [3.05, 3.63) is 131 Å². The monoisotopic (exact) mass is 662 g/mol. The first-order valence-corrected chi connectivity index (χ1v) is 18.6. The van der Waals surface area contributed by atoms with Gasteiger partial charge < -0.3 is 0 Å². The van der Waals surface area contributed by atoms with E-state index in [0.29, 0.717) is 0 Å². The molecule has 0 saturated carbocycles. The van der Waals surface area contributed by atoms with Gasteiger partial charge in [0.2, 0.25) is 0 Å². The molecule has 0 spiro atoms. The van der Waals surface area contributed by atoms with Crippen molar-refractivity contribution in [1.29, 1.82) is 0 Å². The molecule has 0 bridgehead atoms. The van der Waals surface area contributed by atoms with Gasteiger partial charge in [-0.3, -0.25) is 0 Å². The molecule has 0 heteroatoms. The molecule has 0 aliphatic rings. The van der Waals surface area contributed by atoms with E-state index in [2.05, 4.69) is 207 Å². The molecule has 5 aromatic rings. The van der Waals surface area contributed by atoms with E-state index in [1.165, 1.54) is 72.3 Å². The molecule has 0 aromatic heterocycles. The fraction of sp³-hybridized carbons (Fsp3) is 0.400. The third-order valence-corrected chi connectivity index (χ3v) is 10.2. The summed E-state index contributed by atoms with van der Waals surface area (Å²) in [7, 11) is 0. The van der Waals surface area contributed by atoms with Crippen LogP contribution in [0.1, 0.15) is 132 Å². The van der Waals surface area contributed by atoms with Gasteiger partial charge in [0.1, 0.15) is 0 Å². The lowest BCUT2D eigenvalue weighted by Gasteiger charge is -2.30. The highest BCUT2D eigenvalue weighted by atomic mass is 14.3. The normalized spacial score (nSPS) is 13.1. The Hall–Kier alpha value is -3.90. The zero-order valence-corrected chi connectivity index (χ0v) is 33.8. The second-order valence-corrected chi connectivity index (χ2v) is 19.7. The molecule has 0 saturated heterocycles. The molecule has 0 fully saturated rings. The molecular formula is C50H62. The third-order valence-electron chi connectivity index (χ3n) is 10.2. The van der Waals surface area contributed by atoms with Crippen LogP contribution in [0.15, 0.2) is 103 Å². The first-order valence-electron chi connectivity index (χ1n) is 18.6. The average Bonchev–Trinajstić information content (AvgIpc) is 3.02. The zero-order chi connectivity index (χ0) is 37.0. The Bertz CT molecular complexity index is 1870. The van der Waals surface area contributed by atoms with E-state index in [1.54, 1.807) is 0 Å². The second kappa shape index (κ2) is 13.0. The zero-order valence-electron chi connectivity index (χ0n) is 33.8. The van der Waals surface area contributed by atoms with Crippen LogP contribution in [0.3, 0.4) is 0 Å². The highest BCUT2D eigenvalue weighted by Gasteiger charge is 2.28. The van der Waals surface area contributed by atoms with Gasteiger partial charge in [0.25, 0.3) is 0 Å². The number of rotatable bonds is 4. The van der Waals surface area contributed by atoms with Crippen molar-refractivity contribution in [2.45, 2.75) is 131 Å². The Morgan fingerprint density at radius 1 is 0.280 bits per heavy atom. The minimum atomic E-state index is -0.0257. The van der Waals surface area contributed by atoms with Gasteiger partial charge in [-0.15, -0.1) is 0 Å². The Balaban J connectivity index is 1.87. The molecule has 0 unspecified atom stereocenters. The van der Waals surface area contributed by atoms with Gasteiger partial charge in [-0.1, -0.05) is 195 Å². The first-order chi connectivity index (χ1) is 23.0. The number of benzene rings is 5. The maximum atomic E-state index is 2.49. The van der Waals surface area contributed by atoms with Gasteiger partial charge in [0.05, 0.1) is 0 Å². The summed E-state index contributed by atoms with van der Waals surface area (Å²) in [6.45, 7) is 34.9. The smallest absolute Gasteiger partial charge is 0.00264 e. The molecule has 0 heterocycles. The Kier molecular flexibility index (Phi) is 9.72. The number of hydrogen-bond acceptors (Lipinski definition) is 0. The van der Waals surface area contributed by atoms with Crippen molar-refractivity contribution in [3.8, 4) is 44.5 Å². The van der Waals surface area contributed by atoms with Gasteiger partial charge in [-0.05, 0) is 112 Å². The van der Waals surface area contributed by atoms with Crippen LogP contribution < -0.4 is 0 Å². The summed E-state index contributed by atoms with van der Waals surface area (Å²) in [5, 5.41) is 0. The van der Waals surface area contributed by atoms with Gasteiger partial charge in [0, 0.05) is 0 Å². The molecule has 5 aromatic carbocycles. The molecule has 5 rings (SSSR count). The van der Waals surface area contributed by atoms with E-state index in [1.807, 2.05) is 0 Å². The maximum Gasteiger partial charge on any atom is -0.00264 e. The molecular weight excluding hydrogens is 601 g/mol. The minimum absolute atomic E-state index is 0.0121. The SMILES string of the molecule is CC(C)(C)c1cc(-c2ccc(-c3c(-c4ccccc4C(C)(C)C)cc(C(C)(C)C)cc3-c3ccccc3C(C)(C)C)cc2)cc(C(C)(C)C)c1. The van der Waals surface area contributed by atoms with Crippen LogP contribution in [0.25, 0.3) is 44.5 Å². The Morgan fingerprint density at radius 2 is 0.620 bits per heavy atom. The summed E-state index contributed by atoms with van der Waals surface area (Å²) in [6, 6.07) is 39.7. The van der Waals surface area contributed by atoms with Gasteiger partial charge >= 0.3 is 0 Å². The van der Waals surface area contributed by atoms with Crippen LogP contribution in [-0.4, -0.2) is 0 Å². The summed E-state index contributed by atoms with van der Waals surface area (Å²) in [5.74, 6) is 0. The predicted molar refractivity (Wildman–Crippen MR) is 222 cm³/mol. The molecule has 0 atom stereocenters. The lowest BCUT2D eigenvalue weighted by molar-refractivity contribution is 0.569. The lowest BCUT2D eigenvalue weighted by Crippen LogP contribution is -2.16. The standard InChI is InChI=1S/C50H62/c1-46(2,3)36-28-35(29-37(30-36)47(4,5)6)33-24-26-34(27-25-33)45-41(39-20-16-18-22-43(39)49(10,11)12)31-38(48(7,8)9)32-42(45)40-21-17-19-23-44(40)50(13,14)15/h16-32H,1-15H3. The first kappa shape index (κ1) is 37.4. The predicted octanol–water partition coefficient (Wildman–Crippen LogP) is 14.8. The van der Waals surface area contributed by atoms with Crippen LogP contribution in [-0.2, 0) is 27.1 Å².